The van der Waals surface area contributed by atoms with Gasteiger partial charge in [0, 0.05) is 11.4 Å². The van der Waals surface area contributed by atoms with Crippen LogP contribution in [0.2, 0.25) is 0 Å². The lowest BCUT2D eigenvalue weighted by Crippen LogP contribution is -2.07. The summed E-state index contributed by atoms with van der Waals surface area (Å²) in [6.45, 7) is 0. The van der Waals surface area contributed by atoms with E-state index in [9.17, 15) is 9.59 Å². The van der Waals surface area contributed by atoms with E-state index < -0.39 is 12.2 Å². The summed E-state index contributed by atoms with van der Waals surface area (Å²) in [5, 5.41) is 21.7. The van der Waals surface area contributed by atoms with E-state index in [4.69, 9.17) is 10.2 Å². The average molecular weight is 272 g/mol. The van der Waals surface area contributed by atoms with Crippen LogP contribution >= 0.6 is 0 Å². The normalized spacial score (nSPS) is 9.80. The van der Waals surface area contributed by atoms with E-state index >= 15 is 0 Å². The molecule has 2 rings (SSSR count). The lowest BCUT2D eigenvalue weighted by Gasteiger charge is -2.06. The van der Waals surface area contributed by atoms with Crippen molar-refractivity contribution in [2.45, 2.75) is 0 Å². The molecule has 0 heterocycles. The highest BCUT2D eigenvalue weighted by molar-refractivity contribution is 5.84. The maximum absolute atomic E-state index is 10.5. The van der Waals surface area contributed by atoms with Gasteiger partial charge in [-0.15, -0.1) is 0 Å². The molecule has 0 atom stereocenters. The minimum Gasteiger partial charge on any atom is -0.465 e. The van der Waals surface area contributed by atoms with E-state index in [2.05, 4.69) is 10.6 Å². The number of benzene rings is 2. The summed E-state index contributed by atoms with van der Waals surface area (Å²) < 4.78 is 0. The number of nitrogens with one attached hydrogen (secondary N) is 2. The van der Waals surface area contributed by atoms with E-state index in [-0.39, 0.29) is 0 Å². The fraction of sp³-hybridized carbons (Fsp3) is 0. The van der Waals surface area contributed by atoms with Crippen LogP contribution < -0.4 is 10.6 Å². The molecule has 6 nitrogen and oxygen atoms in total. The monoisotopic (exact) mass is 272 g/mol. The molecule has 0 aliphatic rings. The number of amides is 2. The maximum Gasteiger partial charge on any atom is 0.409 e. The quantitative estimate of drug-likeness (QED) is 0.686. The first-order valence-electron chi connectivity index (χ1n) is 5.75. The van der Waals surface area contributed by atoms with Crippen LogP contribution in [0, 0.1) is 0 Å². The lowest BCUT2D eigenvalue weighted by molar-refractivity contribution is 0.208. The van der Waals surface area contributed by atoms with Gasteiger partial charge in [0.25, 0.3) is 0 Å². The van der Waals surface area contributed by atoms with Crippen molar-refractivity contribution >= 4 is 23.6 Å². The third kappa shape index (κ3) is 3.49. The second kappa shape index (κ2) is 5.75. The molecule has 0 aliphatic carbocycles. The third-order valence-electron chi connectivity index (χ3n) is 2.61. The van der Waals surface area contributed by atoms with Crippen LogP contribution in [0.25, 0.3) is 11.1 Å². The van der Waals surface area contributed by atoms with E-state index in [1.165, 1.54) is 0 Å². The minimum absolute atomic E-state index is 0.491. The maximum atomic E-state index is 10.5. The lowest BCUT2D eigenvalue weighted by atomic mass is 10.1. The molecule has 0 aromatic heterocycles. The van der Waals surface area contributed by atoms with Gasteiger partial charge in [0.1, 0.15) is 0 Å². The van der Waals surface area contributed by atoms with Crippen LogP contribution in [0.4, 0.5) is 21.0 Å². The Bertz CT molecular complexity index is 563. The standard InChI is InChI=1S/C14H12N2O4/c17-13(18)15-11-5-1-9(2-6-11)10-3-7-12(8-4-10)16-14(19)20/h1-8,15-16H,(H,17,18)(H,19,20). The Morgan fingerprint density at radius 1 is 0.650 bits per heavy atom. The van der Waals surface area contributed by atoms with Gasteiger partial charge in [-0.3, -0.25) is 10.6 Å². The Balaban J connectivity index is 2.15. The zero-order valence-corrected chi connectivity index (χ0v) is 10.3. The topological polar surface area (TPSA) is 98.7 Å². The first-order chi connectivity index (χ1) is 9.54. The largest absolute Gasteiger partial charge is 0.465 e. The zero-order valence-electron chi connectivity index (χ0n) is 10.3. The van der Waals surface area contributed by atoms with Crippen molar-refractivity contribution in [1.29, 1.82) is 0 Å². The molecule has 0 saturated carbocycles. The van der Waals surface area contributed by atoms with Crippen LogP contribution in [0.15, 0.2) is 48.5 Å². The van der Waals surface area contributed by atoms with Crippen molar-refractivity contribution in [1.82, 2.24) is 0 Å². The van der Waals surface area contributed by atoms with Crippen molar-refractivity contribution in [3.8, 4) is 11.1 Å². The summed E-state index contributed by atoms with van der Waals surface area (Å²) in [4.78, 5) is 21.0. The highest BCUT2D eigenvalue weighted by Crippen LogP contribution is 2.23. The fourth-order valence-electron chi connectivity index (χ4n) is 1.74. The highest BCUT2D eigenvalue weighted by atomic mass is 16.4. The van der Waals surface area contributed by atoms with E-state index in [1.807, 2.05) is 0 Å². The predicted octanol–water partition coefficient (Wildman–Crippen LogP) is 3.53. The number of rotatable bonds is 3. The molecule has 0 radical (unpaired) electrons. The smallest absolute Gasteiger partial charge is 0.409 e. The van der Waals surface area contributed by atoms with Gasteiger partial charge >= 0.3 is 12.2 Å². The number of anilines is 2. The highest BCUT2D eigenvalue weighted by Gasteiger charge is 2.02. The zero-order chi connectivity index (χ0) is 14.5. The molecule has 0 spiro atoms. The molecule has 2 amide bonds. The van der Waals surface area contributed by atoms with Crippen molar-refractivity contribution in [2.75, 3.05) is 10.6 Å². The Hall–Kier alpha value is -3.02. The Labute approximate surface area is 114 Å². The summed E-state index contributed by atoms with van der Waals surface area (Å²) in [6.07, 6.45) is -2.22. The van der Waals surface area contributed by atoms with Crippen LogP contribution in [0.3, 0.4) is 0 Å². The number of hydrogen-bond acceptors (Lipinski definition) is 2. The molecule has 102 valence electrons. The van der Waals surface area contributed by atoms with Crippen LogP contribution in [0.5, 0.6) is 0 Å². The second-order valence-electron chi connectivity index (χ2n) is 4.02. The van der Waals surface area contributed by atoms with Gasteiger partial charge in [-0.1, -0.05) is 24.3 Å². The molecule has 0 unspecified atom stereocenters. The van der Waals surface area contributed by atoms with Crippen molar-refractivity contribution in [3.05, 3.63) is 48.5 Å². The summed E-state index contributed by atoms with van der Waals surface area (Å²) in [5.41, 5.74) is 2.79. The molecule has 2 aromatic carbocycles. The van der Waals surface area contributed by atoms with Gasteiger partial charge in [0.05, 0.1) is 0 Å². The summed E-state index contributed by atoms with van der Waals surface area (Å²) >= 11 is 0. The van der Waals surface area contributed by atoms with Crippen LogP contribution in [-0.2, 0) is 0 Å². The predicted molar refractivity (Wildman–Crippen MR) is 75.2 cm³/mol. The van der Waals surface area contributed by atoms with E-state index in [1.54, 1.807) is 48.5 Å². The summed E-state index contributed by atoms with van der Waals surface area (Å²) in [5.74, 6) is 0. The minimum atomic E-state index is -1.11. The molecule has 2 aromatic rings. The number of carbonyl (C=O) groups is 2. The molecule has 4 N–H and O–H groups in total. The molecule has 0 saturated heterocycles. The van der Waals surface area contributed by atoms with Crippen molar-refractivity contribution in [3.63, 3.8) is 0 Å². The Morgan fingerprint density at radius 2 is 0.950 bits per heavy atom. The number of carboxylic acid groups (broad SMARTS) is 2. The first-order valence-corrected chi connectivity index (χ1v) is 5.75. The molecule has 0 fully saturated rings. The molecule has 0 aliphatic heterocycles. The fourth-order valence-corrected chi connectivity index (χ4v) is 1.74. The van der Waals surface area contributed by atoms with Crippen molar-refractivity contribution in [2.24, 2.45) is 0 Å². The van der Waals surface area contributed by atoms with Gasteiger partial charge in [0.15, 0.2) is 0 Å². The third-order valence-corrected chi connectivity index (χ3v) is 2.61. The second-order valence-corrected chi connectivity index (χ2v) is 4.02. The van der Waals surface area contributed by atoms with Crippen LogP contribution in [0.1, 0.15) is 0 Å². The molecule has 20 heavy (non-hydrogen) atoms. The van der Waals surface area contributed by atoms with Gasteiger partial charge in [-0.05, 0) is 35.4 Å². The summed E-state index contributed by atoms with van der Waals surface area (Å²) in [6, 6.07) is 13.8. The van der Waals surface area contributed by atoms with Gasteiger partial charge in [0.2, 0.25) is 0 Å². The SMILES string of the molecule is O=C(O)Nc1ccc(-c2ccc(NC(=O)O)cc2)cc1. The Morgan fingerprint density at radius 3 is 1.20 bits per heavy atom. The van der Waals surface area contributed by atoms with Gasteiger partial charge in [-0.25, -0.2) is 9.59 Å². The van der Waals surface area contributed by atoms with Crippen LogP contribution in [-0.4, -0.2) is 22.4 Å². The first kappa shape index (κ1) is 13.4. The van der Waals surface area contributed by atoms with E-state index in [0.717, 1.165) is 11.1 Å². The molecular formula is C14H12N2O4. The summed E-state index contributed by atoms with van der Waals surface area (Å²) in [7, 11) is 0. The van der Waals surface area contributed by atoms with E-state index in [0.29, 0.717) is 11.4 Å². The molecular weight excluding hydrogens is 260 g/mol. The number of hydrogen-bond donors (Lipinski definition) is 4. The molecule has 6 heteroatoms. The van der Waals surface area contributed by atoms with Crippen molar-refractivity contribution < 1.29 is 19.8 Å². The van der Waals surface area contributed by atoms with Gasteiger partial charge in [-0.2, -0.15) is 0 Å². The molecule has 0 bridgehead atoms. The average Bonchev–Trinajstić information content (AvgIpc) is 2.39. The van der Waals surface area contributed by atoms with Gasteiger partial charge < -0.3 is 10.2 Å². The Kier molecular flexibility index (Phi) is 3.85.